The first kappa shape index (κ1) is 7.07. The van der Waals surface area contributed by atoms with Crippen LogP contribution in [-0.4, -0.2) is 5.33 Å². The molecular formula is C8H11Br. The fourth-order valence-corrected chi connectivity index (χ4v) is 1.42. The molecule has 1 rings (SSSR count). The van der Waals surface area contributed by atoms with Crippen molar-refractivity contribution in [3.8, 4) is 0 Å². The van der Waals surface area contributed by atoms with Crippen LogP contribution in [0.4, 0.5) is 0 Å². The molecule has 0 radical (unpaired) electrons. The van der Waals surface area contributed by atoms with Crippen LogP contribution in [0, 0.1) is 0 Å². The van der Waals surface area contributed by atoms with Gasteiger partial charge in [0.15, 0.2) is 0 Å². The molecule has 0 saturated carbocycles. The number of hydrogen-bond donors (Lipinski definition) is 0. The second-order valence-electron chi connectivity index (χ2n) is 2.20. The van der Waals surface area contributed by atoms with Crippen molar-refractivity contribution in [3.05, 3.63) is 23.8 Å². The molecule has 1 aliphatic rings. The molecule has 0 bridgehead atoms. The number of hydrogen-bond acceptors (Lipinski definition) is 0. The summed E-state index contributed by atoms with van der Waals surface area (Å²) < 4.78 is 0. The average Bonchev–Trinajstić information content (AvgIpc) is 1.91. The van der Waals surface area contributed by atoms with Gasteiger partial charge in [0.05, 0.1) is 0 Å². The largest absolute Gasteiger partial charge is 0.0924 e. The van der Waals surface area contributed by atoms with Gasteiger partial charge in [0, 0.05) is 5.33 Å². The van der Waals surface area contributed by atoms with Crippen molar-refractivity contribution in [2.75, 3.05) is 5.33 Å². The van der Waals surface area contributed by atoms with Crippen molar-refractivity contribution < 1.29 is 0 Å². The topological polar surface area (TPSA) is 0 Å². The molecule has 0 unspecified atom stereocenters. The molecule has 9 heavy (non-hydrogen) atoms. The lowest BCUT2D eigenvalue weighted by molar-refractivity contribution is 0.989. The summed E-state index contributed by atoms with van der Waals surface area (Å²) >= 11 is 3.41. The van der Waals surface area contributed by atoms with Crippen LogP contribution >= 0.6 is 15.9 Å². The molecule has 0 atom stereocenters. The van der Waals surface area contributed by atoms with Crippen molar-refractivity contribution in [2.45, 2.75) is 19.3 Å². The van der Waals surface area contributed by atoms with E-state index in [0.717, 1.165) is 5.33 Å². The molecular weight excluding hydrogens is 176 g/mol. The normalized spacial score (nSPS) is 17.7. The Morgan fingerprint density at radius 1 is 1.44 bits per heavy atom. The predicted molar refractivity (Wildman–Crippen MR) is 44.9 cm³/mol. The van der Waals surface area contributed by atoms with Crippen LogP contribution in [0.2, 0.25) is 0 Å². The van der Waals surface area contributed by atoms with Gasteiger partial charge in [-0.15, -0.1) is 0 Å². The van der Waals surface area contributed by atoms with E-state index in [0.29, 0.717) is 0 Å². The number of rotatable bonds is 2. The van der Waals surface area contributed by atoms with Crippen LogP contribution in [0.5, 0.6) is 0 Å². The molecule has 0 aromatic carbocycles. The standard InChI is InChI=1S/C8H11Br/c9-7-6-8-4-2-1-3-5-8/h2,4-5H,1,3,6-7H2. The number of halogens is 1. The van der Waals surface area contributed by atoms with Crippen LogP contribution in [0.15, 0.2) is 23.8 Å². The zero-order valence-electron chi connectivity index (χ0n) is 5.44. The minimum atomic E-state index is 1.09. The lowest BCUT2D eigenvalue weighted by Crippen LogP contribution is -1.84. The summed E-state index contributed by atoms with van der Waals surface area (Å²) in [6.45, 7) is 0. The first-order valence-corrected chi connectivity index (χ1v) is 4.47. The molecule has 50 valence electrons. The highest BCUT2D eigenvalue weighted by Crippen LogP contribution is 2.13. The van der Waals surface area contributed by atoms with Gasteiger partial charge in [0.1, 0.15) is 0 Å². The second-order valence-corrected chi connectivity index (χ2v) is 2.99. The maximum absolute atomic E-state index is 3.41. The van der Waals surface area contributed by atoms with E-state index in [4.69, 9.17) is 0 Å². The molecule has 0 saturated heterocycles. The Morgan fingerprint density at radius 2 is 2.33 bits per heavy atom. The number of alkyl halides is 1. The zero-order valence-corrected chi connectivity index (χ0v) is 7.02. The minimum absolute atomic E-state index is 1.09. The van der Waals surface area contributed by atoms with E-state index >= 15 is 0 Å². The summed E-state index contributed by atoms with van der Waals surface area (Å²) in [6, 6.07) is 0. The fourth-order valence-electron chi connectivity index (χ4n) is 0.962. The monoisotopic (exact) mass is 186 g/mol. The van der Waals surface area contributed by atoms with Gasteiger partial charge in [0.25, 0.3) is 0 Å². The third-order valence-electron chi connectivity index (χ3n) is 1.45. The second kappa shape index (κ2) is 3.89. The Balaban J connectivity index is 2.38. The van der Waals surface area contributed by atoms with Gasteiger partial charge >= 0.3 is 0 Å². The van der Waals surface area contributed by atoms with E-state index in [1.54, 1.807) is 0 Å². The summed E-state index contributed by atoms with van der Waals surface area (Å²) in [7, 11) is 0. The molecule has 1 heteroatoms. The lowest BCUT2D eigenvalue weighted by Gasteiger charge is -2.02. The van der Waals surface area contributed by atoms with Crippen LogP contribution in [0.25, 0.3) is 0 Å². The Morgan fingerprint density at radius 3 is 2.89 bits per heavy atom. The third kappa shape index (κ3) is 2.35. The quantitative estimate of drug-likeness (QED) is 0.583. The van der Waals surface area contributed by atoms with Crippen molar-refractivity contribution in [2.24, 2.45) is 0 Å². The smallest absolute Gasteiger partial charge is 0.00716 e. The molecule has 0 aromatic heterocycles. The average molecular weight is 187 g/mol. The van der Waals surface area contributed by atoms with Gasteiger partial charge in [-0.1, -0.05) is 39.7 Å². The molecule has 0 N–H and O–H groups in total. The highest BCUT2D eigenvalue weighted by atomic mass is 79.9. The molecule has 0 spiro atoms. The van der Waals surface area contributed by atoms with Gasteiger partial charge in [-0.05, 0) is 19.3 Å². The Labute approximate surface area is 64.8 Å². The summed E-state index contributed by atoms with van der Waals surface area (Å²) in [6.07, 6.45) is 10.4. The molecule has 0 aromatic rings. The van der Waals surface area contributed by atoms with E-state index in [9.17, 15) is 0 Å². The lowest BCUT2D eigenvalue weighted by atomic mass is 10.1. The first-order chi connectivity index (χ1) is 4.43. The van der Waals surface area contributed by atoms with Crippen LogP contribution < -0.4 is 0 Å². The summed E-state index contributed by atoms with van der Waals surface area (Å²) in [5.41, 5.74) is 1.48. The van der Waals surface area contributed by atoms with E-state index in [1.165, 1.54) is 24.8 Å². The van der Waals surface area contributed by atoms with Gasteiger partial charge < -0.3 is 0 Å². The number of allylic oxidation sites excluding steroid dienone is 4. The fraction of sp³-hybridized carbons (Fsp3) is 0.500. The van der Waals surface area contributed by atoms with Gasteiger partial charge in [-0.3, -0.25) is 0 Å². The molecule has 0 aliphatic heterocycles. The van der Waals surface area contributed by atoms with Crippen molar-refractivity contribution >= 4 is 15.9 Å². The third-order valence-corrected chi connectivity index (χ3v) is 1.85. The van der Waals surface area contributed by atoms with E-state index in [1.807, 2.05) is 0 Å². The Hall–Kier alpha value is -0.0400. The maximum Gasteiger partial charge on any atom is 0.00716 e. The maximum atomic E-state index is 3.41. The molecule has 0 heterocycles. The zero-order chi connectivity index (χ0) is 6.53. The highest BCUT2D eigenvalue weighted by molar-refractivity contribution is 9.09. The molecule has 0 fully saturated rings. The SMILES string of the molecule is BrCCC1=CCCC=C1. The predicted octanol–water partition coefficient (Wildman–Crippen LogP) is 3.05. The van der Waals surface area contributed by atoms with E-state index < -0.39 is 0 Å². The molecule has 1 aliphatic carbocycles. The van der Waals surface area contributed by atoms with E-state index in [-0.39, 0.29) is 0 Å². The molecule has 0 amide bonds. The van der Waals surface area contributed by atoms with Crippen molar-refractivity contribution in [1.82, 2.24) is 0 Å². The van der Waals surface area contributed by atoms with Crippen LogP contribution in [0.1, 0.15) is 19.3 Å². The summed E-state index contributed by atoms with van der Waals surface area (Å²) in [5, 5.41) is 1.09. The Kier molecular flexibility index (Phi) is 3.05. The van der Waals surface area contributed by atoms with Crippen LogP contribution in [0.3, 0.4) is 0 Å². The van der Waals surface area contributed by atoms with Gasteiger partial charge in [-0.2, -0.15) is 0 Å². The summed E-state index contributed by atoms with van der Waals surface area (Å²) in [4.78, 5) is 0. The highest BCUT2D eigenvalue weighted by Gasteiger charge is 1.94. The van der Waals surface area contributed by atoms with Gasteiger partial charge in [0.2, 0.25) is 0 Å². The van der Waals surface area contributed by atoms with E-state index in [2.05, 4.69) is 34.2 Å². The van der Waals surface area contributed by atoms with Crippen molar-refractivity contribution in [3.63, 3.8) is 0 Å². The first-order valence-electron chi connectivity index (χ1n) is 3.35. The van der Waals surface area contributed by atoms with Crippen LogP contribution in [-0.2, 0) is 0 Å². The Bertz CT molecular complexity index is 134. The molecule has 0 nitrogen and oxygen atoms in total. The summed E-state index contributed by atoms with van der Waals surface area (Å²) in [5.74, 6) is 0. The van der Waals surface area contributed by atoms with Crippen molar-refractivity contribution in [1.29, 1.82) is 0 Å². The van der Waals surface area contributed by atoms with Gasteiger partial charge in [-0.25, -0.2) is 0 Å². The minimum Gasteiger partial charge on any atom is -0.0924 e.